The van der Waals surface area contributed by atoms with Crippen LogP contribution in [0.4, 0.5) is 0 Å². The highest BCUT2D eigenvalue weighted by Crippen LogP contribution is 2.16. The molecule has 0 fully saturated rings. The zero-order valence-corrected chi connectivity index (χ0v) is 13.5. The average Bonchev–Trinajstić information content (AvgIpc) is 3.12. The van der Waals surface area contributed by atoms with Crippen LogP contribution >= 0.6 is 11.6 Å². The summed E-state index contributed by atoms with van der Waals surface area (Å²) in [6.45, 7) is 1.87. The molecule has 2 N–H and O–H groups in total. The summed E-state index contributed by atoms with van der Waals surface area (Å²) in [5, 5.41) is 6.90. The van der Waals surface area contributed by atoms with Crippen LogP contribution in [0.1, 0.15) is 28.9 Å². The Bertz CT molecular complexity index is 903. The molecule has 0 aliphatic carbocycles. The third-order valence-corrected chi connectivity index (χ3v) is 3.82. The number of carbonyl (C=O) groups excluding carboxylic acids is 1. The van der Waals surface area contributed by atoms with Crippen LogP contribution < -0.4 is 10.9 Å². The second-order valence-electron chi connectivity index (χ2n) is 5.19. The second-order valence-corrected chi connectivity index (χ2v) is 5.60. The molecular formula is C16H14ClN5O2. The Morgan fingerprint density at radius 3 is 2.71 bits per heavy atom. The van der Waals surface area contributed by atoms with Gasteiger partial charge >= 0.3 is 0 Å². The lowest BCUT2D eigenvalue weighted by molar-refractivity contribution is 0.0939. The SMILES string of the molecule is C[C@H](NC(=O)c1c[nH]c(=O)c(Cl)c1)c1ccc(-n2cncn2)cc1. The topological polar surface area (TPSA) is 92.7 Å². The van der Waals surface area contributed by atoms with Gasteiger partial charge in [-0.3, -0.25) is 9.59 Å². The minimum atomic E-state index is -0.426. The first-order valence-corrected chi connectivity index (χ1v) is 7.56. The van der Waals surface area contributed by atoms with Gasteiger partial charge in [-0.25, -0.2) is 9.67 Å². The minimum absolute atomic E-state index is 0.0208. The number of halogens is 1. The van der Waals surface area contributed by atoms with Gasteiger partial charge in [-0.15, -0.1) is 0 Å². The Hall–Kier alpha value is -2.93. The average molecular weight is 344 g/mol. The monoisotopic (exact) mass is 343 g/mol. The Labute approximate surface area is 142 Å². The highest BCUT2D eigenvalue weighted by Gasteiger charge is 2.13. The molecule has 0 unspecified atom stereocenters. The van der Waals surface area contributed by atoms with Crippen molar-refractivity contribution in [1.82, 2.24) is 25.1 Å². The lowest BCUT2D eigenvalue weighted by atomic mass is 10.1. The highest BCUT2D eigenvalue weighted by atomic mass is 35.5. The highest BCUT2D eigenvalue weighted by molar-refractivity contribution is 6.30. The van der Waals surface area contributed by atoms with Crippen LogP contribution in [-0.4, -0.2) is 25.7 Å². The lowest BCUT2D eigenvalue weighted by Gasteiger charge is -2.15. The van der Waals surface area contributed by atoms with Crippen molar-refractivity contribution in [3.8, 4) is 5.69 Å². The fourth-order valence-corrected chi connectivity index (χ4v) is 2.38. The molecule has 0 saturated heterocycles. The summed E-state index contributed by atoms with van der Waals surface area (Å²) in [7, 11) is 0. The van der Waals surface area contributed by atoms with Gasteiger partial charge in [-0.1, -0.05) is 23.7 Å². The first-order chi connectivity index (χ1) is 11.5. The number of aromatic nitrogens is 4. The number of rotatable bonds is 4. The van der Waals surface area contributed by atoms with E-state index < -0.39 is 5.56 Å². The van der Waals surface area contributed by atoms with Crippen LogP contribution in [0, 0.1) is 0 Å². The first-order valence-electron chi connectivity index (χ1n) is 7.18. The molecule has 2 heterocycles. The number of benzene rings is 1. The molecule has 1 aromatic carbocycles. The summed E-state index contributed by atoms with van der Waals surface area (Å²) in [5.41, 5.74) is 1.68. The van der Waals surface area contributed by atoms with Crippen LogP contribution in [-0.2, 0) is 0 Å². The maximum atomic E-state index is 12.2. The molecule has 0 aliphatic rings. The number of amides is 1. The van der Waals surface area contributed by atoms with Crippen molar-refractivity contribution < 1.29 is 4.79 Å². The van der Waals surface area contributed by atoms with E-state index in [4.69, 9.17) is 11.6 Å². The first kappa shape index (κ1) is 15.9. The third kappa shape index (κ3) is 3.36. The molecule has 0 bridgehead atoms. The molecule has 0 spiro atoms. The number of nitrogens with one attached hydrogen (secondary N) is 2. The van der Waals surface area contributed by atoms with Crippen molar-refractivity contribution in [2.75, 3.05) is 0 Å². The maximum absolute atomic E-state index is 12.2. The van der Waals surface area contributed by atoms with Crippen LogP contribution in [0.2, 0.25) is 5.02 Å². The minimum Gasteiger partial charge on any atom is -0.345 e. The van der Waals surface area contributed by atoms with E-state index in [1.807, 2.05) is 31.2 Å². The smallest absolute Gasteiger partial charge is 0.266 e. The summed E-state index contributed by atoms with van der Waals surface area (Å²) in [6, 6.07) is 8.72. The molecule has 7 nitrogen and oxygen atoms in total. The van der Waals surface area contributed by atoms with Crippen LogP contribution in [0.5, 0.6) is 0 Å². The Morgan fingerprint density at radius 1 is 1.33 bits per heavy atom. The molecule has 0 radical (unpaired) electrons. The molecule has 24 heavy (non-hydrogen) atoms. The summed E-state index contributed by atoms with van der Waals surface area (Å²) in [6.07, 6.45) is 4.41. The van der Waals surface area contributed by atoms with E-state index in [2.05, 4.69) is 20.4 Å². The maximum Gasteiger partial charge on any atom is 0.266 e. The standard InChI is InChI=1S/C16H14ClN5O2/c1-10(21-15(23)12-6-14(17)16(24)19-7-12)11-2-4-13(5-3-11)22-9-18-8-20-22/h2-10H,1H3,(H,19,24)(H,21,23)/t10-/m0/s1. The third-order valence-electron chi connectivity index (χ3n) is 3.54. The zero-order chi connectivity index (χ0) is 17.1. The van der Waals surface area contributed by atoms with Gasteiger partial charge in [-0.2, -0.15) is 5.10 Å². The van der Waals surface area contributed by atoms with Gasteiger partial charge in [0.1, 0.15) is 17.7 Å². The van der Waals surface area contributed by atoms with E-state index in [1.165, 1.54) is 18.6 Å². The van der Waals surface area contributed by atoms with Crippen molar-refractivity contribution in [2.45, 2.75) is 13.0 Å². The van der Waals surface area contributed by atoms with Crippen molar-refractivity contribution >= 4 is 17.5 Å². The van der Waals surface area contributed by atoms with E-state index >= 15 is 0 Å². The zero-order valence-electron chi connectivity index (χ0n) is 12.7. The van der Waals surface area contributed by atoms with E-state index in [0.717, 1.165) is 11.3 Å². The number of hydrogen-bond donors (Lipinski definition) is 2. The predicted molar refractivity (Wildman–Crippen MR) is 89.3 cm³/mol. The van der Waals surface area contributed by atoms with Gasteiger partial charge in [0.05, 0.1) is 17.3 Å². The molecular weight excluding hydrogens is 330 g/mol. The summed E-state index contributed by atoms with van der Waals surface area (Å²) in [4.78, 5) is 29.8. The molecule has 2 aromatic heterocycles. The van der Waals surface area contributed by atoms with Crippen molar-refractivity contribution in [3.05, 3.63) is 75.7 Å². The van der Waals surface area contributed by atoms with E-state index in [1.54, 1.807) is 11.0 Å². The molecule has 0 saturated carbocycles. The summed E-state index contributed by atoms with van der Waals surface area (Å²) < 4.78 is 1.65. The van der Waals surface area contributed by atoms with Gasteiger partial charge in [0.15, 0.2) is 0 Å². The molecule has 1 amide bonds. The van der Waals surface area contributed by atoms with Crippen LogP contribution in [0.25, 0.3) is 5.69 Å². The Morgan fingerprint density at radius 2 is 2.08 bits per heavy atom. The van der Waals surface area contributed by atoms with Gasteiger partial charge in [0, 0.05) is 6.20 Å². The van der Waals surface area contributed by atoms with Crippen molar-refractivity contribution in [3.63, 3.8) is 0 Å². The lowest BCUT2D eigenvalue weighted by Crippen LogP contribution is -2.27. The molecule has 3 rings (SSSR count). The van der Waals surface area contributed by atoms with Crippen LogP contribution in [0.3, 0.4) is 0 Å². The van der Waals surface area contributed by atoms with Crippen molar-refractivity contribution in [2.24, 2.45) is 0 Å². The van der Waals surface area contributed by atoms with Gasteiger partial charge in [0.25, 0.3) is 11.5 Å². The number of nitrogens with zero attached hydrogens (tertiary/aromatic N) is 3. The fraction of sp³-hybridized carbons (Fsp3) is 0.125. The number of carbonyl (C=O) groups is 1. The number of aromatic amines is 1. The molecule has 1 atom stereocenters. The van der Waals surface area contributed by atoms with E-state index in [-0.39, 0.29) is 17.0 Å². The van der Waals surface area contributed by atoms with Gasteiger partial charge in [0.2, 0.25) is 0 Å². The molecule has 0 aliphatic heterocycles. The fourth-order valence-electron chi connectivity index (χ4n) is 2.21. The summed E-state index contributed by atoms with van der Waals surface area (Å²) in [5.74, 6) is -0.319. The second kappa shape index (κ2) is 6.67. The largest absolute Gasteiger partial charge is 0.345 e. The Balaban J connectivity index is 1.72. The van der Waals surface area contributed by atoms with Crippen molar-refractivity contribution in [1.29, 1.82) is 0 Å². The number of H-pyrrole nitrogens is 1. The van der Waals surface area contributed by atoms with Gasteiger partial charge in [-0.05, 0) is 30.7 Å². The van der Waals surface area contributed by atoms with Crippen LogP contribution in [0.15, 0.2) is 54.0 Å². The quantitative estimate of drug-likeness (QED) is 0.758. The Kier molecular flexibility index (Phi) is 4.43. The normalized spacial score (nSPS) is 11.9. The number of pyridine rings is 1. The van der Waals surface area contributed by atoms with Gasteiger partial charge < -0.3 is 10.3 Å². The molecule has 8 heteroatoms. The predicted octanol–water partition coefficient (Wildman–Crippen LogP) is 2.10. The van der Waals surface area contributed by atoms with E-state index in [0.29, 0.717) is 5.56 Å². The summed E-state index contributed by atoms with van der Waals surface area (Å²) >= 11 is 5.74. The molecule has 122 valence electrons. The molecule has 3 aromatic rings. The number of hydrogen-bond acceptors (Lipinski definition) is 4. The van der Waals surface area contributed by atoms with E-state index in [9.17, 15) is 9.59 Å².